The molecule has 0 fully saturated rings. The number of nitrogens with one attached hydrogen (secondary N) is 2. The Balaban J connectivity index is 1.36. The molecule has 2 N–H and O–H groups in total. The van der Waals surface area contributed by atoms with E-state index in [4.69, 9.17) is 9.47 Å². The minimum Gasteiger partial charge on any atom is -0.454 e. The number of hydrogen-bond donors (Lipinski definition) is 2. The van der Waals surface area contributed by atoms with Crippen LogP contribution < -0.4 is 20.1 Å². The van der Waals surface area contributed by atoms with Crippen LogP contribution in [0.5, 0.6) is 11.5 Å². The molecule has 142 valence electrons. The Bertz CT molecular complexity index is 992. The van der Waals surface area contributed by atoms with Crippen LogP contribution in [0.15, 0.2) is 54.7 Å². The number of amides is 1. The van der Waals surface area contributed by atoms with Gasteiger partial charge in [0.1, 0.15) is 0 Å². The largest absolute Gasteiger partial charge is 0.454 e. The van der Waals surface area contributed by atoms with Crippen molar-refractivity contribution >= 4 is 11.9 Å². The van der Waals surface area contributed by atoms with Crippen LogP contribution in [0.2, 0.25) is 0 Å². The molecule has 7 nitrogen and oxygen atoms in total. The zero-order valence-electron chi connectivity index (χ0n) is 15.4. The van der Waals surface area contributed by atoms with Crippen molar-refractivity contribution < 1.29 is 14.3 Å². The Kier molecular flexibility index (Phi) is 5.05. The molecule has 0 radical (unpaired) electrons. The summed E-state index contributed by atoms with van der Waals surface area (Å²) in [6.07, 6.45) is 1.55. The molecule has 3 aromatic rings. The molecular weight excluding hydrogens is 356 g/mol. The van der Waals surface area contributed by atoms with E-state index in [-0.39, 0.29) is 12.7 Å². The van der Waals surface area contributed by atoms with Gasteiger partial charge in [-0.15, -0.1) is 0 Å². The van der Waals surface area contributed by atoms with Gasteiger partial charge in [-0.25, -0.2) is 9.97 Å². The van der Waals surface area contributed by atoms with E-state index in [0.29, 0.717) is 30.3 Å². The monoisotopic (exact) mass is 376 g/mol. The summed E-state index contributed by atoms with van der Waals surface area (Å²) in [4.78, 5) is 21.1. The molecule has 0 saturated heterocycles. The average molecular weight is 376 g/mol. The van der Waals surface area contributed by atoms with Crippen LogP contribution in [0.3, 0.4) is 0 Å². The number of hydrogen-bond acceptors (Lipinski definition) is 6. The van der Waals surface area contributed by atoms with Gasteiger partial charge in [0.2, 0.25) is 12.7 Å². The minimum atomic E-state index is -0.191. The van der Waals surface area contributed by atoms with Crippen molar-refractivity contribution in [2.24, 2.45) is 0 Å². The quantitative estimate of drug-likeness (QED) is 0.688. The zero-order chi connectivity index (χ0) is 19.3. The molecule has 0 atom stereocenters. The van der Waals surface area contributed by atoms with Crippen molar-refractivity contribution in [3.05, 3.63) is 77.1 Å². The highest BCUT2D eigenvalue weighted by Crippen LogP contribution is 2.32. The normalized spacial score (nSPS) is 11.9. The van der Waals surface area contributed by atoms with Crippen molar-refractivity contribution in [2.45, 2.75) is 20.0 Å². The number of aromatic nitrogens is 2. The summed E-state index contributed by atoms with van der Waals surface area (Å²) in [5, 5.41) is 6.06. The van der Waals surface area contributed by atoms with Gasteiger partial charge in [-0.05, 0) is 30.2 Å². The lowest BCUT2D eigenvalue weighted by Crippen LogP contribution is -2.24. The molecule has 0 unspecified atom stereocenters. The number of carbonyl (C=O) groups excluding carboxylic acids is 1. The van der Waals surface area contributed by atoms with Gasteiger partial charge in [-0.1, -0.05) is 36.4 Å². The van der Waals surface area contributed by atoms with E-state index in [1.54, 1.807) is 13.1 Å². The molecule has 1 amide bonds. The van der Waals surface area contributed by atoms with Crippen molar-refractivity contribution in [1.29, 1.82) is 0 Å². The standard InChI is InChI=1S/C21H20N4O3/c1-14-17(20(26)22-10-15-5-3-2-4-6-15)12-24-21(25-14)23-11-16-7-8-18-19(9-16)28-13-27-18/h2-9,12H,10-11,13H2,1H3,(H,22,26)(H,23,24,25). The van der Waals surface area contributed by atoms with Crippen molar-refractivity contribution in [3.8, 4) is 11.5 Å². The Morgan fingerprint density at radius 2 is 1.86 bits per heavy atom. The molecule has 28 heavy (non-hydrogen) atoms. The molecule has 0 saturated carbocycles. The molecule has 0 aliphatic carbocycles. The fourth-order valence-electron chi connectivity index (χ4n) is 2.88. The van der Waals surface area contributed by atoms with Gasteiger partial charge in [0.25, 0.3) is 5.91 Å². The third-order valence-corrected chi connectivity index (χ3v) is 4.41. The number of rotatable bonds is 6. The van der Waals surface area contributed by atoms with Crippen LogP contribution in [-0.4, -0.2) is 22.7 Å². The van der Waals surface area contributed by atoms with E-state index in [0.717, 1.165) is 22.6 Å². The van der Waals surface area contributed by atoms with E-state index in [9.17, 15) is 4.79 Å². The van der Waals surface area contributed by atoms with Gasteiger partial charge in [-0.3, -0.25) is 4.79 Å². The molecular formula is C21H20N4O3. The predicted molar refractivity (Wildman–Crippen MR) is 104 cm³/mol. The third-order valence-electron chi connectivity index (χ3n) is 4.41. The second-order valence-corrected chi connectivity index (χ2v) is 6.40. The number of aryl methyl sites for hydroxylation is 1. The number of fused-ring (bicyclic) bond motifs is 1. The van der Waals surface area contributed by atoms with Crippen LogP contribution >= 0.6 is 0 Å². The lowest BCUT2D eigenvalue weighted by atomic mass is 10.2. The first-order valence-electron chi connectivity index (χ1n) is 8.97. The smallest absolute Gasteiger partial charge is 0.254 e. The van der Waals surface area contributed by atoms with Gasteiger partial charge >= 0.3 is 0 Å². The highest BCUT2D eigenvalue weighted by Gasteiger charge is 2.14. The highest BCUT2D eigenvalue weighted by molar-refractivity contribution is 5.94. The van der Waals surface area contributed by atoms with E-state index in [1.165, 1.54) is 0 Å². The first-order valence-corrected chi connectivity index (χ1v) is 8.97. The molecule has 4 rings (SSSR count). The fourth-order valence-corrected chi connectivity index (χ4v) is 2.88. The maximum atomic E-state index is 12.4. The first kappa shape index (κ1) is 17.8. The zero-order valence-corrected chi connectivity index (χ0v) is 15.4. The summed E-state index contributed by atoms with van der Waals surface area (Å²) in [6, 6.07) is 15.5. The average Bonchev–Trinajstić information content (AvgIpc) is 3.19. The molecule has 7 heteroatoms. The van der Waals surface area contributed by atoms with E-state index >= 15 is 0 Å². The molecule has 2 aromatic carbocycles. The lowest BCUT2D eigenvalue weighted by molar-refractivity contribution is 0.0949. The number of ether oxygens (including phenoxy) is 2. The molecule has 0 spiro atoms. The van der Waals surface area contributed by atoms with Crippen LogP contribution in [0.25, 0.3) is 0 Å². The summed E-state index contributed by atoms with van der Waals surface area (Å²) in [5.74, 6) is 1.77. The van der Waals surface area contributed by atoms with Crippen molar-refractivity contribution in [1.82, 2.24) is 15.3 Å². The number of benzene rings is 2. The predicted octanol–water partition coefficient (Wildman–Crippen LogP) is 3.06. The molecule has 1 aliphatic heterocycles. The highest BCUT2D eigenvalue weighted by atomic mass is 16.7. The third kappa shape index (κ3) is 4.03. The van der Waals surface area contributed by atoms with Crippen molar-refractivity contribution in [3.63, 3.8) is 0 Å². The Morgan fingerprint density at radius 3 is 2.68 bits per heavy atom. The van der Waals surface area contributed by atoms with Gasteiger partial charge in [0, 0.05) is 19.3 Å². The minimum absolute atomic E-state index is 0.191. The van der Waals surface area contributed by atoms with Crippen LogP contribution in [0.4, 0.5) is 5.95 Å². The van der Waals surface area contributed by atoms with Gasteiger partial charge in [-0.2, -0.15) is 0 Å². The lowest BCUT2D eigenvalue weighted by Gasteiger charge is -2.10. The van der Waals surface area contributed by atoms with Gasteiger partial charge in [0.15, 0.2) is 11.5 Å². The second kappa shape index (κ2) is 7.96. The van der Waals surface area contributed by atoms with E-state index in [1.807, 2.05) is 48.5 Å². The fraction of sp³-hybridized carbons (Fsp3) is 0.190. The Morgan fingerprint density at radius 1 is 1.04 bits per heavy atom. The molecule has 1 aromatic heterocycles. The maximum absolute atomic E-state index is 12.4. The Hall–Kier alpha value is -3.61. The second-order valence-electron chi connectivity index (χ2n) is 6.40. The van der Waals surface area contributed by atoms with Gasteiger partial charge < -0.3 is 20.1 Å². The van der Waals surface area contributed by atoms with Crippen LogP contribution in [-0.2, 0) is 13.1 Å². The summed E-state index contributed by atoms with van der Waals surface area (Å²) in [5.41, 5.74) is 3.14. The topological polar surface area (TPSA) is 85.4 Å². The van der Waals surface area contributed by atoms with Crippen molar-refractivity contribution in [2.75, 3.05) is 12.1 Å². The molecule has 0 bridgehead atoms. The number of nitrogens with zero attached hydrogens (tertiary/aromatic N) is 2. The summed E-state index contributed by atoms with van der Waals surface area (Å²) >= 11 is 0. The Labute approximate surface area is 162 Å². The number of anilines is 1. The summed E-state index contributed by atoms with van der Waals surface area (Å²) in [6.45, 7) is 3.05. The first-order chi connectivity index (χ1) is 13.7. The molecule has 1 aliphatic rings. The van der Waals surface area contributed by atoms with E-state index < -0.39 is 0 Å². The summed E-state index contributed by atoms with van der Waals surface area (Å²) < 4.78 is 10.7. The van der Waals surface area contributed by atoms with E-state index in [2.05, 4.69) is 20.6 Å². The SMILES string of the molecule is Cc1nc(NCc2ccc3c(c2)OCO3)ncc1C(=O)NCc1ccccc1. The summed E-state index contributed by atoms with van der Waals surface area (Å²) in [7, 11) is 0. The maximum Gasteiger partial charge on any atom is 0.254 e. The van der Waals surface area contributed by atoms with Crippen LogP contribution in [0, 0.1) is 6.92 Å². The van der Waals surface area contributed by atoms with Gasteiger partial charge in [0.05, 0.1) is 11.3 Å². The van der Waals surface area contributed by atoms with Crippen LogP contribution in [0.1, 0.15) is 27.2 Å². The number of carbonyl (C=O) groups is 1. The molecule has 2 heterocycles.